The van der Waals surface area contributed by atoms with E-state index in [0.717, 1.165) is 90.7 Å². The summed E-state index contributed by atoms with van der Waals surface area (Å²) in [5.74, 6) is 6.21. The van der Waals surface area contributed by atoms with Crippen molar-refractivity contribution in [1.29, 1.82) is 0 Å². The summed E-state index contributed by atoms with van der Waals surface area (Å²) in [4.78, 5) is 0. The van der Waals surface area contributed by atoms with Crippen LogP contribution in [-0.4, -0.2) is 44.0 Å². The van der Waals surface area contributed by atoms with E-state index in [1.54, 1.807) is 0 Å². The van der Waals surface area contributed by atoms with Gasteiger partial charge in [0.25, 0.3) is 0 Å². The van der Waals surface area contributed by atoms with Gasteiger partial charge in [0.2, 0.25) is 0 Å². The van der Waals surface area contributed by atoms with E-state index >= 15 is 0 Å². The summed E-state index contributed by atoms with van der Waals surface area (Å²) in [5.41, 5.74) is 7.12. The molecule has 0 nitrogen and oxygen atoms in total. The first-order valence-corrected chi connectivity index (χ1v) is 43.9. The van der Waals surface area contributed by atoms with Crippen LogP contribution in [0, 0.1) is 0 Å². The first-order chi connectivity index (χ1) is 53.6. The molecule has 0 aromatic heterocycles. The standard InChI is InChI=1S/C22H22S2.C21H20S2.C20H18S.C19H14S2.C19H16S/c23-12-11-20(24)6-1-3-15-13-18-9-7-16-4-2-5-17-8-10-19(14-15)22(18)21(16)17;22-12-14-23-13-2-5-15-6-7-18-9-8-16-3-1-4-17-10-11-19(15)21(18)20(16)17;21-11-2-1-4-14-12-17-9-7-15-5-3-6-16-8-10-18(13-14)20(17)19(15)16;20-17(21)9-4-12-10-15-7-5-13-2-1-3-14-6-8-16(11-12)19(15)18(13)14;20-10-2-3-13-11-16-8-6-14-4-1-5-15-7-9-17(12-13)19(16)18(14)15/h2,4-5,7-10,13-14,20,23-24H,1,3,6,11-12H2;1,3-4,6-11,22H,2,5,12-14H2;3,5-10,12-13,21H,1-2,4,11H2;1-3,5-8,10-11H,4,9H2,(H,20,21);1,4-9,11-12,20H,2-3,10H2. The van der Waals surface area contributed by atoms with Gasteiger partial charge in [-0.15, -0.1) is 12.6 Å². The molecule has 0 saturated carbocycles. The molecule has 109 heavy (non-hydrogen) atoms. The van der Waals surface area contributed by atoms with Crippen LogP contribution in [0.1, 0.15) is 79.2 Å². The minimum atomic E-state index is 0.479. The molecule has 0 spiro atoms. The lowest BCUT2D eigenvalue weighted by molar-refractivity contribution is 0.689. The molecule has 0 fully saturated rings. The van der Waals surface area contributed by atoms with Crippen LogP contribution in [0.2, 0.25) is 0 Å². The van der Waals surface area contributed by atoms with Gasteiger partial charge in [-0.05, 0) is 302 Å². The zero-order valence-electron chi connectivity index (χ0n) is 61.5. The number of hydrogen-bond acceptors (Lipinski definition) is 7. The third-order valence-electron chi connectivity index (χ3n) is 22.3. The highest BCUT2D eigenvalue weighted by molar-refractivity contribution is 8.11. The van der Waals surface area contributed by atoms with Crippen molar-refractivity contribution in [2.45, 2.75) is 88.7 Å². The first kappa shape index (κ1) is 75.2. The Morgan fingerprint density at radius 2 is 0.560 bits per heavy atom. The van der Waals surface area contributed by atoms with Gasteiger partial charge in [0.05, 0.1) is 0 Å². The van der Waals surface area contributed by atoms with Crippen LogP contribution in [0.4, 0.5) is 0 Å². The van der Waals surface area contributed by atoms with Crippen LogP contribution in [0.25, 0.3) is 162 Å². The number of aryl methyl sites for hydroxylation is 5. The van der Waals surface area contributed by atoms with E-state index in [1.807, 2.05) is 11.8 Å². The van der Waals surface area contributed by atoms with Crippen molar-refractivity contribution in [1.82, 2.24) is 0 Å². The van der Waals surface area contributed by atoms with Gasteiger partial charge in [0.1, 0.15) is 0 Å². The number of thiol groups is 6. The van der Waals surface area contributed by atoms with Crippen LogP contribution in [0.15, 0.2) is 273 Å². The van der Waals surface area contributed by atoms with E-state index in [4.69, 9.17) is 12.2 Å². The molecule has 542 valence electrons. The highest BCUT2D eigenvalue weighted by Gasteiger charge is 2.16. The molecule has 8 heteroatoms. The van der Waals surface area contributed by atoms with E-state index in [9.17, 15) is 0 Å². The smallest absolute Gasteiger partial charge is 0.0451 e. The number of unbranched alkanes of at least 4 members (excludes halogenated alkanes) is 1. The Morgan fingerprint density at radius 1 is 0.266 bits per heavy atom. The van der Waals surface area contributed by atoms with Crippen molar-refractivity contribution in [2.24, 2.45) is 0 Å². The monoisotopic (exact) mass is 1560 g/mol. The largest absolute Gasteiger partial charge is 0.179 e. The van der Waals surface area contributed by atoms with Gasteiger partial charge >= 0.3 is 0 Å². The summed E-state index contributed by atoms with van der Waals surface area (Å²) < 4.78 is 0.778. The molecule has 0 heterocycles. The van der Waals surface area contributed by atoms with Crippen LogP contribution >= 0.6 is 99.8 Å². The lowest BCUT2D eigenvalue weighted by atomic mass is 9.91. The highest BCUT2D eigenvalue weighted by atomic mass is 32.2. The molecular formula is C101H90S8. The molecule has 1 unspecified atom stereocenters. The number of thiocarbonyl (C=S) groups is 1. The molecule has 0 N–H and O–H groups in total. The summed E-state index contributed by atoms with van der Waals surface area (Å²) >= 11 is 33.1. The molecule has 20 aromatic carbocycles. The van der Waals surface area contributed by atoms with E-state index in [-0.39, 0.29) is 0 Å². The highest BCUT2D eigenvalue weighted by Crippen LogP contribution is 2.42. The van der Waals surface area contributed by atoms with Crippen molar-refractivity contribution < 1.29 is 0 Å². The van der Waals surface area contributed by atoms with Crippen LogP contribution < -0.4 is 0 Å². The minimum Gasteiger partial charge on any atom is -0.179 e. The third-order valence-corrected chi connectivity index (χ3v) is 25.7. The Hall–Kier alpha value is -7.86. The fraction of sp³-hybridized carbons (Fsp3) is 0.198. The second-order valence-electron chi connectivity index (χ2n) is 29.5. The van der Waals surface area contributed by atoms with E-state index in [0.29, 0.717) is 5.25 Å². The zero-order valence-corrected chi connectivity index (χ0v) is 68.5. The third kappa shape index (κ3) is 16.3. The van der Waals surface area contributed by atoms with Crippen molar-refractivity contribution in [3.05, 3.63) is 301 Å². The topological polar surface area (TPSA) is 0 Å². The second-order valence-corrected chi connectivity index (χ2v) is 34.6. The molecule has 20 rings (SSSR count). The molecular weight excluding hydrogens is 1470 g/mol. The maximum Gasteiger partial charge on any atom is 0.0451 e. The molecule has 1 atom stereocenters. The summed E-state index contributed by atoms with van der Waals surface area (Å²) in [6, 6.07) is 101. The van der Waals surface area contributed by atoms with Gasteiger partial charge in [-0.2, -0.15) is 74.9 Å². The molecule has 0 amide bonds. The van der Waals surface area contributed by atoms with Gasteiger partial charge in [-0.1, -0.05) is 285 Å². The van der Waals surface area contributed by atoms with E-state index in [2.05, 4.69) is 349 Å². The average Bonchev–Trinajstić information content (AvgIpc) is 0.780. The van der Waals surface area contributed by atoms with Crippen molar-refractivity contribution >= 4 is 266 Å². The maximum absolute atomic E-state index is 5.07. The van der Waals surface area contributed by atoms with Gasteiger partial charge in [0.15, 0.2) is 0 Å². The molecule has 0 aliphatic carbocycles. The first-order valence-electron chi connectivity index (χ1n) is 38.8. The average molecular weight is 1560 g/mol. The Kier molecular flexibility index (Phi) is 24.0. The molecule has 20 aromatic rings. The minimum absolute atomic E-state index is 0.479. The molecule has 0 aliphatic heterocycles. The van der Waals surface area contributed by atoms with Gasteiger partial charge in [0, 0.05) is 15.2 Å². The SMILES string of the molecule is S=C(S)CCc1cc2ccc3cccc4ccc(c1)c2c34.SCCC(S)CCCc1cc2ccc3cccc4ccc(c1)c2c34.SCCCCc1cc2ccc3cccc4ccc(c1)c2c34.SCCCc1cc2ccc3cccc4ccc(c1)c2c34.SCCSCCCc1ccc2ccc3cccc4ccc1c2c34. The predicted octanol–water partition coefficient (Wildman–Crippen LogP) is 29.8. The number of hydrogen-bond donors (Lipinski definition) is 6. The van der Waals surface area contributed by atoms with Crippen molar-refractivity contribution in [3.8, 4) is 0 Å². The number of rotatable bonds is 22. The number of benzene rings is 20. The van der Waals surface area contributed by atoms with E-state index in [1.165, 1.54) is 221 Å². The summed E-state index contributed by atoms with van der Waals surface area (Å²) in [5, 5.41) is 41.6. The molecule has 0 bridgehead atoms. The van der Waals surface area contributed by atoms with Crippen molar-refractivity contribution in [2.75, 3.05) is 34.5 Å². The summed E-state index contributed by atoms with van der Waals surface area (Å²) in [6.07, 6.45) is 14.6. The van der Waals surface area contributed by atoms with Crippen LogP contribution in [0.5, 0.6) is 0 Å². The lowest BCUT2D eigenvalue weighted by Gasteiger charge is -2.13. The van der Waals surface area contributed by atoms with Crippen molar-refractivity contribution in [3.63, 3.8) is 0 Å². The van der Waals surface area contributed by atoms with E-state index < -0.39 is 0 Å². The summed E-state index contributed by atoms with van der Waals surface area (Å²) in [7, 11) is 0. The zero-order chi connectivity index (χ0) is 74.3. The molecule has 0 aliphatic rings. The molecule has 0 radical (unpaired) electrons. The van der Waals surface area contributed by atoms with Gasteiger partial charge < -0.3 is 0 Å². The Balaban J connectivity index is 0.000000104. The predicted molar refractivity (Wildman–Crippen MR) is 513 cm³/mol. The normalized spacial score (nSPS) is 12.1. The Labute approximate surface area is 683 Å². The number of thioether (sulfide) groups is 1. The maximum atomic E-state index is 5.07. The molecule has 0 saturated heterocycles. The lowest BCUT2D eigenvalue weighted by Crippen LogP contribution is -2.00. The fourth-order valence-electron chi connectivity index (χ4n) is 17.2. The summed E-state index contributed by atoms with van der Waals surface area (Å²) in [6.45, 7) is 0. The fourth-order valence-corrected chi connectivity index (χ4v) is 19.7. The Morgan fingerprint density at radius 3 is 0.899 bits per heavy atom. The Bertz CT molecular complexity index is 6250. The second kappa shape index (κ2) is 34.8. The van der Waals surface area contributed by atoms with Crippen LogP contribution in [0.3, 0.4) is 0 Å². The van der Waals surface area contributed by atoms with Gasteiger partial charge in [-0.3, -0.25) is 0 Å². The van der Waals surface area contributed by atoms with Gasteiger partial charge in [-0.25, -0.2) is 0 Å². The quantitative estimate of drug-likeness (QED) is 0.0173. The van der Waals surface area contributed by atoms with Crippen LogP contribution in [-0.2, 0) is 32.1 Å².